The lowest BCUT2D eigenvalue weighted by Crippen LogP contribution is -2.21. The molecule has 0 aromatic heterocycles. The summed E-state index contributed by atoms with van der Waals surface area (Å²) >= 11 is 9.48. The van der Waals surface area contributed by atoms with Crippen molar-refractivity contribution in [2.45, 2.75) is 18.9 Å². The zero-order valence-electron chi connectivity index (χ0n) is 11.5. The van der Waals surface area contributed by atoms with Crippen LogP contribution in [0, 0.1) is 12.7 Å². The van der Waals surface area contributed by atoms with Gasteiger partial charge in [0.25, 0.3) is 0 Å². The Morgan fingerprint density at radius 2 is 2.05 bits per heavy atom. The summed E-state index contributed by atoms with van der Waals surface area (Å²) in [6, 6.07) is 10.0. The van der Waals surface area contributed by atoms with Crippen molar-refractivity contribution in [3.63, 3.8) is 0 Å². The van der Waals surface area contributed by atoms with Crippen LogP contribution in [0.15, 0.2) is 40.9 Å². The fourth-order valence-electron chi connectivity index (χ4n) is 2.44. The number of hydrogen-bond donors (Lipinski definition) is 2. The van der Waals surface area contributed by atoms with Gasteiger partial charge in [0.2, 0.25) is 0 Å². The van der Waals surface area contributed by atoms with E-state index in [9.17, 15) is 9.50 Å². The summed E-state index contributed by atoms with van der Waals surface area (Å²) in [4.78, 5) is 0. The van der Waals surface area contributed by atoms with Crippen molar-refractivity contribution < 1.29 is 9.50 Å². The predicted molar refractivity (Wildman–Crippen MR) is 87.0 cm³/mol. The van der Waals surface area contributed by atoms with Gasteiger partial charge in [-0.1, -0.05) is 39.7 Å². The SMILES string of the molecule is Cc1cc(Br)cc(C(O)C(CN)c2c(F)cccc2Cl)c1. The largest absolute Gasteiger partial charge is 0.388 e. The number of benzene rings is 2. The molecule has 5 heteroatoms. The summed E-state index contributed by atoms with van der Waals surface area (Å²) in [6.07, 6.45) is -0.930. The number of rotatable bonds is 4. The first-order valence-corrected chi connectivity index (χ1v) is 7.70. The quantitative estimate of drug-likeness (QED) is 0.839. The number of nitrogens with two attached hydrogens (primary N) is 1. The van der Waals surface area contributed by atoms with Crippen LogP contribution in [0.5, 0.6) is 0 Å². The molecule has 0 aliphatic rings. The molecule has 112 valence electrons. The second kappa shape index (κ2) is 6.88. The second-order valence-electron chi connectivity index (χ2n) is 4.98. The van der Waals surface area contributed by atoms with Gasteiger partial charge < -0.3 is 10.8 Å². The van der Waals surface area contributed by atoms with Gasteiger partial charge in [-0.3, -0.25) is 0 Å². The van der Waals surface area contributed by atoms with Gasteiger partial charge in [0.15, 0.2) is 0 Å². The number of aliphatic hydroxyl groups excluding tert-OH is 1. The van der Waals surface area contributed by atoms with Crippen molar-refractivity contribution >= 4 is 27.5 Å². The summed E-state index contributed by atoms with van der Waals surface area (Å²) < 4.78 is 14.9. The molecule has 0 saturated carbocycles. The van der Waals surface area contributed by atoms with Gasteiger partial charge >= 0.3 is 0 Å². The molecule has 0 heterocycles. The molecule has 21 heavy (non-hydrogen) atoms. The molecule has 0 aliphatic heterocycles. The van der Waals surface area contributed by atoms with E-state index in [1.54, 1.807) is 12.1 Å². The maximum atomic E-state index is 14.1. The standard InChI is InChI=1S/C16H16BrClFNO/c1-9-5-10(7-11(17)6-9)16(21)12(8-20)15-13(18)3-2-4-14(15)19/h2-7,12,16,21H,8,20H2,1H3. The van der Waals surface area contributed by atoms with Crippen LogP contribution in [-0.4, -0.2) is 11.7 Å². The highest BCUT2D eigenvalue weighted by molar-refractivity contribution is 9.10. The molecule has 0 amide bonds. The summed E-state index contributed by atoms with van der Waals surface area (Å²) in [5, 5.41) is 10.9. The third-order valence-corrected chi connectivity index (χ3v) is 4.20. The summed E-state index contributed by atoms with van der Waals surface area (Å²) in [5.74, 6) is -1.06. The normalized spacial score (nSPS) is 14.0. The van der Waals surface area contributed by atoms with Crippen LogP contribution in [-0.2, 0) is 0 Å². The molecule has 0 radical (unpaired) electrons. The maximum absolute atomic E-state index is 14.1. The third kappa shape index (κ3) is 3.64. The Labute approximate surface area is 136 Å². The van der Waals surface area contributed by atoms with E-state index in [0.717, 1.165) is 10.0 Å². The first-order valence-electron chi connectivity index (χ1n) is 6.53. The molecule has 3 N–H and O–H groups in total. The minimum atomic E-state index is -0.930. The lowest BCUT2D eigenvalue weighted by Gasteiger charge is -2.24. The smallest absolute Gasteiger partial charge is 0.128 e. The topological polar surface area (TPSA) is 46.2 Å². The Balaban J connectivity index is 2.45. The Hall–Kier alpha value is -0.940. The molecule has 2 rings (SSSR count). The highest BCUT2D eigenvalue weighted by Gasteiger charge is 2.26. The Kier molecular flexibility index (Phi) is 5.38. The Morgan fingerprint density at radius 3 is 2.62 bits per heavy atom. The van der Waals surface area contributed by atoms with E-state index < -0.39 is 17.8 Å². The van der Waals surface area contributed by atoms with E-state index in [2.05, 4.69) is 15.9 Å². The molecule has 0 aliphatic carbocycles. The lowest BCUT2D eigenvalue weighted by atomic mass is 9.88. The summed E-state index contributed by atoms with van der Waals surface area (Å²) in [5.41, 5.74) is 7.69. The van der Waals surface area contributed by atoms with Gasteiger partial charge in [0.1, 0.15) is 5.82 Å². The minimum Gasteiger partial charge on any atom is -0.388 e. The van der Waals surface area contributed by atoms with Crippen molar-refractivity contribution in [3.05, 3.63) is 68.4 Å². The van der Waals surface area contributed by atoms with Gasteiger partial charge in [-0.05, 0) is 42.3 Å². The van der Waals surface area contributed by atoms with Crippen molar-refractivity contribution in [1.29, 1.82) is 0 Å². The van der Waals surface area contributed by atoms with E-state index in [-0.39, 0.29) is 17.1 Å². The molecule has 2 aromatic carbocycles. The zero-order chi connectivity index (χ0) is 15.6. The molecule has 0 saturated heterocycles. The highest BCUT2D eigenvalue weighted by Crippen LogP contribution is 2.36. The molecule has 0 bridgehead atoms. The molecule has 2 unspecified atom stereocenters. The van der Waals surface area contributed by atoms with Crippen molar-refractivity contribution in [3.8, 4) is 0 Å². The van der Waals surface area contributed by atoms with Crippen LogP contribution in [0.25, 0.3) is 0 Å². The van der Waals surface area contributed by atoms with Crippen molar-refractivity contribution in [2.75, 3.05) is 6.54 Å². The molecular formula is C16H16BrClFNO. The first-order chi connectivity index (χ1) is 9.93. The highest BCUT2D eigenvalue weighted by atomic mass is 79.9. The second-order valence-corrected chi connectivity index (χ2v) is 6.31. The number of aryl methyl sites for hydroxylation is 1. The van der Waals surface area contributed by atoms with Crippen LogP contribution in [0.4, 0.5) is 4.39 Å². The van der Waals surface area contributed by atoms with Crippen LogP contribution < -0.4 is 5.73 Å². The van der Waals surface area contributed by atoms with Gasteiger partial charge in [-0.15, -0.1) is 0 Å². The minimum absolute atomic E-state index is 0.0907. The zero-order valence-corrected chi connectivity index (χ0v) is 13.8. The number of aliphatic hydroxyl groups is 1. The summed E-state index contributed by atoms with van der Waals surface area (Å²) in [7, 11) is 0. The molecule has 0 fully saturated rings. The third-order valence-electron chi connectivity index (χ3n) is 3.41. The first kappa shape index (κ1) is 16.4. The van der Waals surface area contributed by atoms with Crippen LogP contribution in [0.2, 0.25) is 5.02 Å². The van der Waals surface area contributed by atoms with E-state index in [0.29, 0.717) is 5.56 Å². The lowest BCUT2D eigenvalue weighted by molar-refractivity contribution is 0.145. The average molecular weight is 373 g/mol. The van der Waals surface area contributed by atoms with Crippen LogP contribution in [0.1, 0.15) is 28.7 Å². The fourth-order valence-corrected chi connectivity index (χ4v) is 3.37. The van der Waals surface area contributed by atoms with Crippen LogP contribution >= 0.6 is 27.5 Å². The molecule has 2 aromatic rings. The Bertz CT molecular complexity index is 610. The Morgan fingerprint density at radius 1 is 1.33 bits per heavy atom. The molecule has 2 nitrogen and oxygen atoms in total. The van der Waals surface area contributed by atoms with E-state index >= 15 is 0 Å². The van der Waals surface area contributed by atoms with Gasteiger partial charge in [-0.25, -0.2) is 4.39 Å². The van der Waals surface area contributed by atoms with Crippen molar-refractivity contribution in [2.24, 2.45) is 5.73 Å². The van der Waals surface area contributed by atoms with E-state index in [4.69, 9.17) is 17.3 Å². The molecular weight excluding hydrogens is 357 g/mol. The molecule has 0 spiro atoms. The van der Waals surface area contributed by atoms with E-state index in [1.807, 2.05) is 19.1 Å². The fraction of sp³-hybridized carbons (Fsp3) is 0.250. The van der Waals surface area contributed by atoms with Gasteiger partial charge in [0.05, 0.1) is 6.10 Å². The van der Waals surface area contributed by atoms with Crippen molar-refractivity contribution in [1.82, 2.24) is 0 Å². The van der Waals surface area contributed by atoms with Gasteiger partial charge in [0, 0.05) is 27.5 Å². The van der Waals surface area contributed by atoms with Crippen LogP contribution in [0.3, 0.4) is 0 Å². The summed E-state index contributed by atoms with van der Waals surface area (Å²) in [6.45, 7) is 2.02. The van der Waals surface area contributed by atoms with Gasteiger partial charge in [-0.2, -0.15) is 0 Å². The van der Waals surface area contributed by atoms with E-state index in [1.165, 1.54) is 12.1 Å². The maximum Gasteiger partial charge on any atom is 0.128 e. The number of hydrogen-bond acceptors (Lipinski definition) is 2. The predicted octanol–water partition coefficient (Wildman–Crippen LogP) is 4.33. The monoisotopic (exact) mass is 371 g/mol. The number of halogens is 3. The molecule has 2 atom stereocenters. The average Bonchev–Trinajstić information content (AvgIpc) is 2.41.